The standard InChI is InChI=1S/C19H17ClF2N2/c1-19(2,18(21)22)13-7-9-14(10-8-13)23-16-11-6-12-4-3-5-15(20)17(12)24-16/h3-11,18H,1-2H3,(H,23,24). The minimum atomic E-state index is -2.42. The predicted octanol–water partition coefficient (Wildman–Crippen LogP) is 6.17. The minimum absolute atomic E-state index is 0.588. The molecular formula is C19H17ClF2N2. The van der Waals surface area contributed by atoms with Crippen LogP contribution in [-0.4, -0.2) is 11.4 Å². The molecule has 1 heterocycles. The molecule has 1 aromatic heterocycles. The monoisotopic (exact) mass is 346 g/mol. The first-order valence-corrected chi connectivity index (χ1v) is 7.97. The van der Waals surface area contributed by atoms with Crippen molar-refractivity contribution >= 4 is 34.0 Å². The fraction of sp³-hybridized carbons (Fsp3) is 0.211. The van der Waals surface area contributed by atoms with Gasteiger partial charge in [0.05, 0.1) is 16.0 Å². The van der Waals surface area contributed by atoms with E-state index in [1.165, 1.54) is 13.8 Å². The van der Waals surface area contributed by atoms with Gasteiger partial charge in [-0.15, -0.1) is 0 Å². The number of rotatable bonds is 4. The zero-order chi connectivity index (χ0) is 17.3. The van der Waals surface area contributed by atoms with Gasteiger partial charge in [0.15, 0.2) is 0 Å². The van der Waals surface area contributed by atoms with Crippen LogP contribution in [0, 0.1) is 0 Å². The van der Waals surface area contributed by atoms with Gasteiger partial charge in [0.2, 0.25) is 6.43 Å². The molecule has 2 nitrogen and oxygen atoms in total. The Kier molecular flexibility index (Phi) is 4.41. The summed E-state index contributed by atoms with van der Waals surface area (Å²) in [7, 11) is 0. The first-order valence-electron chi connectivity index (χ1n) is 7.59. The molecule has 24 heavy (non-hydrogen) atoms. The fourth-order valence-corrected chi connectivity index (χ4v) is 2.66. The summed E-state index contributed by atoms with van der Waals surface area (Å²) in [6.07, 6.45) is -2.42. The average Bonchev–Trinajstić information content (AvgIpc) is 2.56. The molecule has 0 radical (unpaired) electrons. The van der Waals surface area contributed by atoms with Crippen LogP contribution in [0.2, 0.25) is 5.02 Å². The van der Waals surface area contributed by atoms with Crippen molar-refractivity contribution < 1.29 is 8.78 Å². The number of fused-ring (bicyclic) bond motifs is 1. The van der Waals surface area contributed by atoms with E-state index in [4.69, 9.17) is 11.6 Å². The van der Waals surface area contributed by atoms with Gasteiger partial charge in [0.1, 0.15) is 5.82 Å². The smallest absolute Gasteiger partial charge is 0.247 e. The van der Waals surface area contributed by atoms with Crippen LogP contribution in [0.25, 0.3) is 10.9 Å². The number of benzene rings is 2. The molecule has 0 saturated carbocycles. The highest BCUT2D eigenvalue weighted by molar-refractivity contribution is 6.35. The summed E-state index contributed by atoms with van der Waals surface area (Å²) >= 11 is 6.17. The maximum Gasteiger partial charge on any atom is 0.247 e. The summed E-state index contributed by atoms with van der Waals surface area (Å²) in [4.78, 5) is 4.51. The highest BCUT2D eigenvalue weighted by Gasteiger charge is 2.31. The highest BCUT2D eigenvalue weighted by atomic mass is 35.5. The Balaban J connectivity index is 1.85. The Morgan fingerprint density at radius 2 is 1.71 bits per heavy atom. The number of nitrogens with one attached hydrogen (secondary N) is 1. The minimum Gasteiger partial charge on any atom is -0.340 e. The van der Waals surface area contributed by atoms with E-state index in [1.54, 1.807) is 30.3 Å². The lowest BCUT2D eigenvalue weighted by Gasteiger charge is -2.24. The maximum absolute atomic E-state index is 13.1. The lowest BCUT2D eigenvalue weighted by molar-refractivity contribution is 0.0694. The van der Waals surface area contributed by atoms with Gasteiger partial charge in [0.25, 0.3) is 0 Å². The van der Waals surface area contributed by atoms with Crippen LogP contribution in [0.3, 0.4) is 0 Å². The Bertz CT molecular complexity index is 861. The Hall–Kier alpha value is -2.20. The van der Waals surface area contributed by atoms with Crippen molar-refractivity contribution in [2.45, 2.75) is 25.7 Å². The van der Waals surface area contributed by atoms with Crippen molar-refractivity contribution in [2.75, 3.05) is 5.32 Å². The number of anilines is 2. The summed E-state index contributed by atoms with van der Waals surface area (Å²) in [6, 6.07) is 16.4. The van der Waals surface area contributed by atoms with Gasteiger partial charge in [-0.2, -0.15) is 0 Å². The fourth-order valence-electron chi connectivity index (χ4n) is 2.44. The van der Waals surface area contributed by atoms with E-state index in [9.17, 15) is 8.78 Å². The number of halogens is 3. The molecule has 0 aliphatic rings. The second-order valence-electron chi connectivity index (χ2n) is 6.23. The van der Waals surface area contributed by atoms with Crippen LogP contribution in [0.1, 0.15) is 19.4 Å². The second kappa shape index (κ2) is 6.36. The summed E-state index contributed by atoms with van der Waals surface area (Å²) in [5.74, 6) is 0.650. The molecule has 0 aliphatic heterocycles. The molecule has 0 aliphatic carbocycles. The SMILES string of the molecule is CC(C)(c1ccc(Nc2ccc3cccc(Cl)c3n2)cc1)C(F)F. The number of alkyl halides is 2. The van der Waals surface area contributed by atoms with Crippen LogP contribution in [0.4, 0.5) is 20.3 Å². The van der Waals surface area contributed by atoms with Gasteiger partial charge >= 0.3 is 0 Å². The molecule has 0 amide bonds. The summed E-state index contributed by atoms with van der Waals surface area (Å²) < 4.78 is 26.2. The van der Waals surface area contributed by atoms with E-state index < -0.39 is 11.8 Å². The number of para-hydroxylation sites is 1. The van der Waals surface area contributed by atoms with Crippen molar-refractivity contribution in [2.24, 2.45) is 0 Å². The van der Waals surface area contributed by atoms with Gasteiger partial charge < -0.3 is 5.32 Å². The molecule has 2 aromatic carbocycles. The van der Waals surface area contributed by atoms with Crippen LogP contribution >= 0.6 is 11.6 Å². The number of pyridine rings is 1. The van der Waals surface area contributed by atoms with E-state index in [1.807, 2.05) is 24.3 Å². The number of nitrogens with zero attached hydrogens (tertiary/aromatic N) is 1. The molecule has 0 fully saturated rings. The summed E-state index contributed by atoms with van der Waals surface area (Å²) in [5.41, 5.74) is 0.924. The van der Waals surface area contributed by atoms with Crippen LogP contribution in [0.5, 0.6) is 0 Å². The van der Waals surface area contributed by atoms with Gasteiger partial charge in [-0.25, -0.2) is 13.8 Å². The van der Waals surface area contributed by atoms with E-state index in [0.29, 0.717) is 16.4 Å². The molecule has 0 spiro atoms. The van der Waals surface area contributed by atoms with E-state index in [2.05, 4.69) is 10.3 Å². The topological polar surface area (TPSA) is 24.9 Å². The van der Waals surface area contributed by atoms with Gasteiger partial charge in [-0.1, -0.05) is 49.7 Å². The lowest BCUT2D eigenvalue weighted by Crippen LogP contribution is -2.26. The summed E-state index contributed by atoms with van der Waals surface area (Å²) in [6.45, 7) is 3.07. The Morgan fingerprint density at radius 1 is 1.00 bits per heavy atom. The third-order valence-electron chi connectivity index (χ3n) is 4.12. The van der Waals surface area contributed by atoms with E-state index in [-0.39, 0.29) is 0 Å². The molecule has 0 saturated heterocycles. The predicted molar refractivity (Wildman–Crippen MR) is 95.5 cm³/mol. The third kappa shape index (κ3) is 3.20. The van der Waals surface area contributed by atoms with Crippen LogP contribution in [-0.2, 0) is 5.41 Å². The summed E-state index contributed by atoms with van der Waals surface area (Å²) in [5, 5.41) is 4.72. The zero-order valence-electron chi connectivity index (χ0n) is 13.4. The van der Waals surface area contributed by atoms with Gasteiger partial charge in [-0.3, -0.25) is 0 Å². The lowest BCUT2D eigenvalue weighted by atomic mass is 9.85. The first-order chi connectivity index (χ1) is 11.4. The molecule has 3 aromatic rings. The van der Waals surface area contributed by atoms with Crippen molar-refractivity contribution in [1.29, 1.82) is 0 Å². The van der Waals surface area contributed by atoms with E-state index >= 15 is 0 Å². The second-order valence-corrected chi connectivity index (χ2v) is 6.64. The quantitative estimate of drug-likeness (QED) is 0.610. The molecular weight excluding hydrogens is 330 g/mol. The Labute approximate surface area is 144 Å². The normalized spacial score (nSPS) is 11.9. The zero-order valence-corrected chi connectivity index (χ0v) is 14.1. The largest absolute Gasteiger partial charge is 0.340 e. The number of hydrogen-bond donors (Lipinski definition) is 1. The Morgan fingerprint density at radius 3 is 2.38 bits per heavy atom. The third-order valence-corrected chi connectivity index (χ3v) is 4.42. The van der Waals surface area contributed by atoms with Gasteiger partial charge in [-0.05, 0) is 35.9 Å². The molecule has 0 bridgehead atoms. The molecule has 5 heteroatoms. The van der Waals surface area contributed by atoms with Crippen molar-refractivity contribution in [1.82, 2.24) is 4.98 Å². The van der Waals surface area contributed by atoms with Crippen LogP contribution in [0.15, 0.2) is 54.6 Å². The van der Waals surface area contributed by atoms with Crippen molar-refractivity contribution in [3.8, 4) is 0 Å². The molecule has 3 rings (SSSR count). The molecule has 1 N–H and O–H groups in total. The first kappa shape index (κ1) is 16.7. The number of aromatic nitrogens is 1. The number of hydrogen-bond acceptors (Lipinski definition) is 2. The van der Waals surface area contributed by atoms with E-state index in [0.717, 1.165) is 16.6 Å². The van der Waals surface area contributed by atoms with Crippen molar-refractivity contribution in [3.05, 3.63) is 65.2 Å². The molecule has 124 valence electrons. The maximum atomic E-state index is 13.1. The highest BCUT2D eigenvalue weighted by Crippen LogP contribution is 2.31. The van der Waals surface area contributed by atoms with Crippen molar-refractivity contribution in [3.63, 3.8) is 0 Å². The molecule has 0 atom stereocenters. The average molecular weight is 347 g/mol. The van der Waals surface area contributed by atoms with Crippen LogP contribution < -0.4 is 5.32 Å². The molecule has 0 unspecified atom stereocenters. The van der Waals surface area contributed by atoms with Gasteiger partial charge in [0, 0.05) is 11.1 Å².